The second-order valence-corrected chi connectivity index (χ2v) is 7.80. The van der Waals surface area contributed by atoms with Crippen LogP contribution in [0, 0.1) is 11.8 Å². The van der Waals surface area contributed by atoms with Gasteiger partial charge in [0.05, 0.1) is 6.10 Å². The summed E-state index contributed by atoms with van der Waals surface area (Å²) < 4.78 is 0. The minimum absolute atomic E-state index is 0.0682. The van der Waals surface area contributed by atoms with Gasteiger partial charge in [-0.3, -0.25) is 14.4 Å². The Hall–Kier alpha value is -3.51. The Balaban J connectivity index is 1.93. The number of nitrogens with one attached hydrogen (secondary N) is 2. The van der Waals surface area contributed by atoms with Crippen molar-refractivity contribution < 1.29 is 29.7 Å². The number of Topliss-reactive ketones (excluding diaryl/α,β-unsaturated/α-hetero) is 1. The number of unbranched alkanes of at least 4 members (excludes halogenated alkanes) is 2. The van der Waals surface area contributed by atoms with Crippen LogP contribution in [0.15, 0.2) is 48.5 Å². The molecule has 0 saturated carbocycles. The fourth-order valence-corrected chi connectivity index (χ4v) is 3.08. The Morgan fingerprint density at radius 1 is 0.882 bits per heavy atom. The molecule has 0 aliphatic carbocycles. The van der Waals surface area contributed by atoms with Gasteiger partial charge in [-0.2, -0.15) is 0 Å². The number of amides is 2. The molecule has 2 amide bonds. The molecule has 2 aromatic rings. The highest BCUT2D eigenvalue weighted by Crippen LogP contribution is 2.11. The van der Waals surface area contributed by atoms with E-state index in [2.05, 4.69) is 22.5 Å². The second-order valence-electron chi connectivity index (χ2n) is 7.80. The second kappa shape index (κ2) is 13.9. The fraction of sp³-hybridized carbons (Fsp3) is 0.346. The summed E-state index contributed by atoms with van der Waals surface area (Å²) >= 11 is 0. The van der Waals surface area contributed by atoms with Gasteiger partial charge in [-0.15, -0.1) is 0 Å². The van der Waals surface area contributed by atoms with E-state index in [4.69, 9.17) is 10.2 Å². The first-order chi connectivity index (χ1) is 16.3. The van der Waals surface area contributed by atoms with E-state index in [1.54, 1.807) is 48.5 Å². The average molecular weight is 467 g/mol. The monoisotopic (exact) mass is 466 g/mol. The summed E-state index contributed by atoms with van der Waals surface area (Å²) in [6.45, 7) is 0.726. The van der Waals surface area contributed by atoms with Crippen molar-refractivity contribution >= 4 is 23.3 Å². The number of rotatable bonds is 11. The summed E-state index contributed by atoms with van der Waals surface area (Å²) in [4.78, 5) is 35.9. The number of aliphatic hydroxyl groups is 3. The van der Waals surface area contributed by atoms with Crippen molar-refractivity contribution in [2.75, 3.05) is 18.5 Å². The van der Waals surface area contributed by atoms with E-state index in [-0.39, 0.29) is 12.5 Å². The van der Waals surface area contributed by atoms with Gasteiger partial charge in [-0.05, 0) is 68.3 Å². The molecule has 5 N–H and O–H groups in total. The molecule has 2 rings (SSSR count). The topological polar surface area (TPSA) is 136 Å². The molecule has 0 spiro atoms. The van der Waals surface area contributed by atoms with Gasteiger partial charge in [-0.25, -0.2) is 0 Å². The van der Waals surface area contributed by atoms with Crippen LogP contribution in [0.1, 0.15) is 54.1 Å². The highest BCUT2D eigenvalue weighted by Gasteiger charge is 2.25. The molecule has 0 saturated heterocycles. The zero-order valence-corrected chi connectivity index (χ0v) is 19.1. The summed E-state index contributed by atoms with van der Waals surface area (Å²) in [5, 5.41) is 32.6. The lowest BCUT2D eigenvalue weighted by atomic mass is 10.1. The molecular weight excluding hydrogens is 436 g/mol. The third-order valence-electron chi connectivity index (χ3n) is 5.00. The smallest absolute Gasteiger partial charge is 0.251 e. The zero-order chi connectivity index (χ0) is 24.9. The largest absolute Gasteiger partial charge is 0.396 e. The highest BCUT2D eigenvalue weighted by atomic mass is 16.3. The lowest BCUT2D eigenvalue weighted by Crippen LogP contribution is -2.48. The zero-order valence-electron chi connectivity index (χ0n) is 19.1. The predicted molar refractivity (Wildman–Crippen MR) is 128 cm³/mol. The van der Waals surface area contributed by atoms with Crippen LogP contribution in [0.3, 0.4) is 0 Å². The molecule has 0 bridgehead atoms. The maximum absolute atomic E-state index is 12.3. The Bertz CT molecular complexity index is 1020. The molecule has 180 valence electrons. The van der Waals surface area contributed by atoms with Gasteiger partial charge < -0.3 is 26.0 Å². The van der Waals surface area contributed by atoms with Gasteiger partial charge in [0.2, 0.25) is 5.91 Å². The Morgan fingerprint density at radius 3 is 2.00 bits per heavy atom. The SMILES string of the molecule is C[C@@H](O)[C@H](NC(=O)c1ccc(C#Cc2ccc(NC(=O)CCCCCO)cc2)cc1)C(=O)CO. The Morgan fingerprint density at radius 2 is 1.47 bits per heavy atom. The minimum atomic E-state index is -1.18. The Kier molecular flexibility index (Phi) is 10.9. The summed E-state index contributed by atoms with van der Waals surface area (Å²) in [7, 11) is 0. The summed E-state index contributed by atoms with van der Waals surface area (Å²) in [5.74, 6) is 4.73. The van der Waals surface area contributed by atoms with E-state index in [0.717, 1.165) is 18.4 Å². The van der Waals surface area contributed by atoms with Crippen LogP contribution in [-0.4, -0.2) is 58.3 Å². The number of hydrogen-bond acceptors (Lipinski definition) is 6. The van der Waals surface area contributed by atoms with Crippen LogP contribution in [0.25, 0.3) is 0 Å². The van der Waals surface area contributed by atoms with Crippen LogP contribution < -0.4 is 10.6 Å². The maximum Gasteiger partial charge on any atom is 0.251 e. The van der Waals surface area contributed by atoms with Gasteiger partial charge in [0.25, 0.3) is 5.91 Å². The van der Waals surface area contributed by atoms with Gasteiger partial charge in [-0.1, -0.05) is 18.3 Å². The summed E-state index contributed by atoms with van der Waals surface area (Å²) in [5.41, 5.74) is 2.40. The van der Waals surface area contributed by atoms with Crippen molar-refractivity contribution in [1.82, 2.24) is 5.32 Å². The molecule has 0 aliphatic rings. The lowest BCUT2D eigenvalue weighted by Gasteiger charge is -2.19. The first-order valence-corrected chi connectivity index (χ1v) is 11.1. The number of carbonyl (C=O) groups is 3. The third-order valence-corrected chi connectivity index (χ3v) is 5.00. The summed E-state index contributed by atoms with van der Waals surface area (Å²) in [6.07, 6.45) is 1.53. The number of hydrogen-bond donors (Lipinski definition) is 5. The number of carbonyl (C=O) groups excluding carboxylic acids is 3. The normalized spacial score (nSPS) is 12.1. The fourth-order valence-electron chi connectivity index (χ4n) is 3.08. The number of ketones is 1. The summed E-state index contributed by atoms with van der Waals surface area (Å²) in [6, 6.07) is 12.4. The molecule has 0 aromatic heterocycles. The van der Waals surface area contributed by atoms with Crippen LogP contribution in [0.2, 0.25) is 0 Å². The van der Waals surface area contributed by atoms with Crippen molar-refractivity contribution in [2.24, 2.45) is 0 Å². The van der Waals surface area contributed by atoms with E-state index in [0.29, 0.717) is 29.7 Å². The van der Waals surface area contributed by atoms with E-state index < -0.39 is 30.4 Å². The lowest BCUT2D eigenvalue weighted by molar-refractivity contribution is -0.126. The quantitative estimate of drug-likeness (QED) is 0.252. The highest BCUT2D eigenvalue weighted by molar-refractivity contribution is 5.98. The minimum Gasteiger partial charge on any atom is -0.396 e. The van der Waals surface area contributed by atoms with Crippen LogP contribution >= 0.6 is 0 Å². The molecule has 0 radical (unpaired) electrons. The molecule has 0 fully saturated rings. The van der Waals surface area contributed by atoms with E-state index >= 15 is 0 Å². The molecule has 8 nitrogen and oxygen atoms in total. The number of anilines is 1. The molecule has 0 unspecified atom stereocenters. The van der Waals surface area contributed by atoms with Gasteiger partial charge >= 0.3 is 0 Å². The van der Waals surface area contributed by atoms with Crippen LogP contribution in [0.5, 0.6) is 0 Å². The average Bonchev–Trinajstić information content (AvgIpc) is 2.84. The standard InChI is InChI=1S/C26H30N2O6/c1-18(31)25(23(32)17-30)28-26(34)21-12-8-19(9-13-21)6-7-20-10-14-22(15-11-20)27-24(33)5-3-2-4-16-29/h8-15,18,25,29-31H,2-5,16-17H2,1H3,(H,27,33)(H,28,34)/t18-,25+/m1/s1. The molecule has 2 aromatic carbocycles. The van der Waals surface area contributed by atoms with Gasteiger partial charge in [0, 0.05) is 35.4 Å². The predicted octanol–water partition coefficient (Wildman–Crippen LogP) is 1.62. The third kappa shape index (κ3) is 8.79. The van der Waals surface area contributed by atoms with E-state index in [1.807, 2.05) is 0 Å². The molecule has 8 heteroatoms. The van der Waals surface area contributed by atoms with Crippen molar-refractivity contribution in [3.05, 3.63) is 65.2 Å². The first kappa shape index (κ1) is 26.7. The molecule has 0 aliphatic heterocycles. The van der Waals surface area contributed by atoms with E-state index in [9.17, 15) is 19.5 Å². The van der Waals surface area contributed by atoms with Crippen LogP contribution in [-0.2, 0) is 9.59 Å². The Labute approximate surface area is 199 Å². The van der Waals surface area contributed by atoms with Crippen molar-refractivity contribution in [2.45, 2.75) is 44.8 Å². The molecule has 0 heterocycles. The van der Waals surface area contributed by atoms with Crippen molar-refractivity contribution in [3.8, 4) is 11.8 Å². The van der Waals surface area contributed by atoms with Gasteiger partial charge in [0.15, 0.2) is 5.78 Å². The van der Waals surface area contributed by atoms with Gasteiger partial charge in [0.1, 0.15) is 12.6 Å². The maximum atomic E-state index is 12.3. The number of aliphatic hydroxyl groups excluding tert-OH is 3. The molecule has 2 atom stereocenters. The van der Waals surface area contributed by atoms with E-state index in [1.165, 1.54) is 6.92 Å². The number of benzene rings is 2. The molecule has 34 heavy (non-hydrogen) atoms. The molecular formula is C26H30N2O6. The first-order valence-electron chi connectivity index (χ1n) is 11.1. The van der Waals surface area contributed by atoms with Crippen LogP contribution in [0.4, 0.5) is 5.69 Å². The van der Waals surface area contributed by atoms with Crippen molar-refractivity contribution in [3.63, 3.8) is 0 Å². The van der Waals surface area contributed by atoms with Crippen molar-refractivity contribution in [1.29, 1.82) is 0 Å².